The lowest BCUT2D eigenvalue weighted by Gasteiger charge is -2.29. The molecule has 2 atom stereocenters. The number of aromatic nitrogens is 1. The Labute approximate surface area is 142 Å². The van der Waals surface area contributed by atoms with Gasteiger partial charge >= 0.3 is 0 Å². The summed E-state index contributed by atoms with van der Waals surface area (Å²) in [6, 6.07) is 0. The van der Waals surface area contributed by atoms with Crippen molar-refractivity contribution in [2.45, 2.75) is 38.6 Å². The fourth-order valence-corrected chi connectivity index (χ4v) is 6.56. The molecule has 1 heterocycles. The van der Waals surface area contributed by atoms with E-state index in [1.54, 1.807) is 7.11 Å². The number of thiazole rings is 1. The highest BCUT2D eigenvalue weighted by Crippen LogP contribution is 2.65. The van der Waals surface area contributed by atoms with Crippen LogP contribution in [0, 0.1) is 23.2 Å². The fraction of sp³-hybridized carbons (Fsp3) is 0.750. The van der Waals surface area contributed by atoms with Crippen LogP contribution in [0.25, 0.3) is 0 Å². The number of methoxy groups -OCH3 is 1. The molecule has 2 unspecified atom stereocenters. The first-order valence-electron chi connectivity index (χ1n) is 8.04. The molecule has 0 spiro atoms. The summed E-state index contributed by atoms with van der Waals surface area (Å²) in [6.45, 7) is 1.36. The molecule has 6 heteroatoms. The summed E-state index contributed by atoms with van der Waals surface area (Å²) < 4.78 is 8.17. The number of carbonyl (C=O) groups excluding carboxylic acids is 1. The highest BCUT2D eigenvalue weighted by Gasteiger charge is 2.61. The van der Waals surface area contributed by atoms with Crippen LogP contribution in [0.3, 0.4) is 0 Å². The van der Waals surface area contributed by atoms with Crippen molar-refractivity contribution >= 4 is 33.2 Å². The molecule has 1 aromatic heterocycles. The minimum absolute atomic E-state index is 0.122. The maximum absolute atomic E-state index is 13.0. The molecule has 4 bridgehead atoms. The molecule has 1 aromatic rings. The van der Waals surface area contributed by atoms with Gasteiger partial charge in [0, 0.05) is 19.9 Å². The van der Waals surface area contributed by atoms with E-state index in [2.05, 4.69) is 20.9 Å². The third kappa shape index (κ3) is 2.34. The monoisotopic (exact) mass is 384 g/mol. The zero-order chi connectivity index (χ0) is 15.3. The summed E-state index contributed by atoms with van der Waals surface area (Å²) >= 11 is 5.04. The van der Waals surface area contributed by atoms with Gasteiger partial charge in [-0.25, -0.2) is 0 Å². The van der Waals surface area contributed by atoms with Gasteiger partial charge in [0.1, 0.15) is 0 Å². The van der Waals surface area contributed by atoms with Gasteiger partial charge in [-0.2, -0.15) is 4.99 Å². The van der Waals surface area contributed by atoms with Gasteiger partial charge < -0.3 is 9.30 Å². The number of ether oxygens (including phenoxy) is 1. The lowest BCUT2D eigenvalue weighted by atomic mass is 9.75. The molecule has 0 saturated heterocycles. The first-order chi connectivity index (χ1) is 10.6. The Morgan fingerprint density at radius 2 is 2.18 bits per heavy atom. The van der Waals surface area contributed by atoms with Crippen LogP contribution in [0.4, 0.5) is 0 Å². The van der Waals surface area contributed by atoms with Crippen molar-refractivity contribution in [2.24, 2.45) is 28.2 Å². The Morgan fingerprint density at radius 1 is 1.45 bits per heavy atom. The van der Waals surface area contributed by atoms with E-state index < -0.39 is 0 Å². The maximum Gasteiger partial charge on any atom is 0.254 e. The molecule has 120 valence electrons. The highest BCUT2D eigenvalue weighted by atomic mass is 79.9. The van der Waals surface area contributed by atoms with E-state index in [0.29, 0.717) is 12.5 Å². The molecule has 4 aliphatic carbocycles. The Kier molecular flexibility index (Phi) is 3.82. The topological polar surface area (TPSA) is 43.6 Å². The van der Waals surface area contributed by atoms with Gasteiger partial charge in [0.15, 0.2) is 4.80 Å². The molecule has 22 heavy (non-hydrogen) atoms. The first-order valence-corrected chi connectivity index (χ1v) is 9.65. The minimum Gasteiger partial charge on any atom is -0.383 e. The van der Waals surface area contributed by atoms with E-state index >= 15 is 0 Å². The molecule has 0 aliphatic heterocycles. The van der Waals surface area contributed by atoms with Crippen LogP contribution in [-0.2, 0) is 16.1 Å². The van der Waals surface area contributed by atoms with Gasteiger partial charge in [0.2, 0.25) is 0 Å². The molecular weight excluding hydrogens is 364 g/mol. The zero-order valence-electron chi connectivity index (χ0n) is 12.8. The van der Waals surface area contributed by atoms with Crippen LogP contribution in [0.5, 0.6) is 0 Å². The smallest absolute Gasteiger partial charge is 0.254 e. The summed E-state index contributed by atoms with van der Waals surface area (Å²) in [5.41, 5.74) is -0.122. The Hall–Kier alpha value is -0.460. The van der Waals surface area contributed by atoms with Crippen molar-refractivity contribution in [3.05, 3.63) is 14.8 Å². The van der Waals surface area contributed by atoms with Crippen molar-refractivity contribution in [1.82, 2.24) is 4.57 Å². The van der Waals surface area contributed by atoms with Crippen LogP contribution in [0.2, 0.25) is 0 Å². The Morgan fingerprint density at radius 3 is 2.86 bits per heavy atom. The second kappa shape index (κ2) is 5.56. The van der Waals surface area contributed by atoms with Crippen molar-refractivity contribution in [3.8, 4) is 0 Å². The van der Waals surface area contributed by atoms with E-state index in [0.717, 1.165) is 39.8 Å². The van der Waals surface area contributed by atoms with Gasteiger partial charge in [-0.15, -0.1) is 0 Å². The molecule has 1 amide bonds. The lowest BCUT2D eigenvalue weighted by Crippen LogP contribution is -2.33. The minimum atomic E-state index is -0.122. The van der Waals surface area contributed by atoms with Crippen molar-refractivity contribution < 1.29 is 9.53 Å². The molecule has 0 aromatic carbocycles. The first kappa shape index (κ1) is 15.1. The largest absolute Gasteiger partial charge is 0.383 e. The molecular formula is C16H21BrN2O2S. The van der Waals surface area contributed by atoms with Crippen molar-refractivity contribution in [3.63, 3.8) is 0 Å². The van der Waals surface area contributed by atoms with Gasteiger partial charge in [-0.05, 0) is 65.8 Å². The molecule has 4 nitrogen and oxygen atoms in total. The Bertz CT molecular complexity index is 651. The quantitative estimate of drug-likeness (QED) is 0.799. The number of rotatable bonds is 4. The summed E-state index contributed by atoms with van der Waals surface area (Å²) in [4.78, 5) is 18.4. The lowest BCUT2D eigenvalue weighted by molar-refractivity contribution is -0.129. The van der Waals surface area contributed by atoms with Gasteiger partial charge in [-0.3, -0.25) is 4.79 Å². The van der Waals surface area contributed by atoms with Crippen molar-refractivity contribution in [2.75, 3.05) is 13.7 Å². The third-order valence-corrected chi connectivity index (χ3v) is 7.34. The molecule has 4 saturated carbocycles. The van der Waals surface area contributed by atoms with Crippen molar-refractivity contribution in [1.29, 1.82) is 0 Å². The van der Waals surface area contributed by atoms with E-state index in [9.17, 15) is 4.79 Å². The summed E-state index contributed by atoms with van der Waals surface area (Å²) in [6.07, 6.45) is 8.03. The second-order valence-electron chi connectivity index (χ2n) is 7.12. The van der Waals surface area contributed by atoms with E-state index in [1.807, 2.05) is 10.8 Å². The number of carbonyl (C=O) groups is 1. The van der Waals surface area contributed by atoms with E-state index in [4.69, 9.17) is 4.74 Å². The van der Waals surface area contributed by atoms with E-state index in [1.165, 1.54) is 30.6 Å². The van der Waals surface area contributed by atoms with Crippen LogP contribution in [0.1, 0.15) is 32.1 Å². The zero-order valence-corrected chi connectivity index (χ0v) is 15.2. The maximum atomic E-state index is 13.0. The molecule has 4 aliphatic rings. The average molecular weight is 385 g/mol. The predicted molar refractivity (Wildman–Crippen MR) is 88.4 cm³/mol. The number of amides is 1. The standard InChI is InChI=1S/C16H21BrN2O2S/c1-21-3-2-19-9-13(17)22-15(19)18-14(20)16-7-10-4-11(8-16)6-12(16)5-10/h9-12H,2-8H2,1H3/b18-15-. The summed E-state index contributed by atoms with van der Waals surface area (Å²) in [5, 5.41) is 0. The molecule has 0 N–H and O–H groups in total. The van der Waals surface area contributed by atoms with Crippen LogP contribution >= 0.6 is 27.3 Å². The predicted octanol–water partition coefficient (Wildman–Crippen LogP) is 3.21. The molecule has 0 radical (unpaired) electrons. The van der Waals surface area contributed by atoms with Gasteiger partial charge in [0.25, 0.3) is 5.91 Å². The Balaban J connectivity index is 1.64. The highest BCUT2D eigenvalue weighted by molar-refractivity contribution is 9.11. The van der Waals surface area contributed by atoms with Crippen LogP contribution in [0.15, 0.2) is 15.0 Å². The molecule has 5 rings (SSSR count). The van der Waals surface area contributed by atoms with E-state index in [-0.39, 0.29) is 11.3 Å². The number of nitrogens with zero attached hydrogens (tertiary/aromatic N) is 2. The number of halogens is 1. The third-order valence-electron chi connectivity index (χ3n) is 5.84. The SMILES string of the molecule is COCCn1cc(Br)s/c1=N\C(=O)C12CC3CC(CC1C3)C2. The average Bonchev–Trinajstić information content (AvgIpc) is 3.04. The van der Waals surface area contributed by atoms with Gasteiger partial charge in [-0.1, -0.05) is 11.3 Å². The summed E-state index contributed by atoms with van der Waals surface area (Å²) in [5.74, 6) is 2.31. The van der Waals surface area contributed by atoms with Gasteiger partial charge in [0.05, 0.1) is 15.8 Å². The summed E-state index contributed by atoms with van der Waals surface area (Å²) in [7, 11) is 1.69. The normalized spacial score (nSPS) is 36.5. The van der Waals surface area contributed by atoms with Crippen LogP contribution < -0.4 is 4.80 Å². The second-order valence-corrected chi connectivity index (χ2v) is 9.51. The van der Waals surface area contributed by atoms with Crippen LogP contribution in [-0.4, -0.2) is 24.2 Å². The molecule has 4 fully saturated rings. The fourth-order valence-electron chi connectivity index (χ4n) is 5.13. The number of hydrogen-bond acceptors (Lipinski definition) is 3. The number of hydrogen-bond donors (Lipinski definition) is 0.